The molecule has 0 bridgehead atoms. The molecule has 0 atom stereocenters. The van der Waals surface area contributed by atoms with Crippen LogP contribution in [-0.4, -0.2) is 0 Å². The first-order chi connectivity index (χ1) is 5.27. The van der Waals surface area contributed by atoms with Crippen molar-refractivity contribution in [2.75, 3.05) is 0 Å². The van der Waals surface area contributed by atoms with E-state index in [1.807, 2.05) is 6.92 Å². The Morgan fingerprint density at radius 1 is 1.50 bits per heavy atom. The SMILES string of the molecule is CCc1cc(Cl)ccc1[N+]#N.[Cl-]. The molecule has 0 aliphatic carbocycles. The Morgan fingerprint density at radius 3 is 2.67 bits per heavy atom. The van der Waals surface area contributed by atoms with Gasteiger partial charge in [-0.05, 0) is 18.6 Å². The molecule has 0 heterocycles. The Kier molecular flexibility index (Phi) is 4.65. The Labute approximate surface area is 82.6 Å². The molecule has 4 heteroatoms. The van der Waals surface area contributed by atoms with Crippen LogP contribution in [0.5, 0.6) is 0 Å². The Morgan fingerprint density at radius 2 is 2.17 bits per heavy atom. The molecule has 0 fully saturated rings. The molecule has 2 nitrogen and oxygen atoms in total. The van der Waals surface area contributed by atoms with E-state index >= 15 is 0 Å². The zero-order valence-electron chi connectivity index (χ0n) is 6.59. The maximum absolute atomic E-state index is 8.52. The lowest BCUT2D eigenvalue weighted by Crippen LogP contribution is -3.00. The lowest BCUT2D eigenvalue weighted by molar-refractivity contribution is -0.00000243. The first-order valence-corrected chi connectivity index (χ1v) is 3.79. The van der Waals surface area contributed by atoms with E-state index in [9.17, 15) is 0 Å². The number of hydrogen-bond donors (Lipinski definition) is 0. The van der Waals surface area contributed by atoms with Gasteiger partial charge in [0.1, 0.15) is 0 Å². The van der Waals surface area contributed by atoms with E-state index in [4.69, 9.17) is 17.0 Å². The quantitative estimate of drug-likeness (QED) is 0.607. The van der Waals surface area contributed by atoms with Gasteiger partial charge in [-0.25, -0.2) is 0 Å². The minimum Gasteiger partial charge on any atom is -1.00 e. The average molecular weight is 203 g/mol. The van der Waals surface area contributed by atoms with Gasteiger partial charge in [0.15, 0.2) is 4.98 Å². The van der Waals surface area contributed by atoms with Crippen molar-refractivity contribution in [3.63, 3.8) is 0 Å². The molecule has 0 spiro atoms. The Balaban J connectivity index is 0.00000121. The molecule has 1 aromatic carbocycles. The molecule has 0 aliphatic heterocycles. The Bertz CT molecular complexity index is 304. The van der Waals surface area contributed by atoms with Crippen LogP contribution in [0, 0.1) is 5.39 Å². The predicted octanol–water partition coefficient (Wildman–Crippen LogP) is 0.391. The molecule has 1 aromatic rings. The molecule has 1 rings (SSSR count). The third-order valence-corrected chi connectivity index (χ3v) is 1.77. The molecule has 64 valence electrons. The fraction of sp³-hybridized carbons (Fsp3) is 0.250. The first kappa shape index (κ1) is 11.2. The maximum Gasteiger partial charge on any atom is 0.388 e. The largest absolute Gasteiger partial charge is 1.00 e. The summed E-state index contributed by atoms with van der Waals surface area (Å²) in [5, 5.41) is 9.20. The highest BCUT2D eigenvalue weighted by molar-refractivity contribution is 6.30. The first-order valence-electron chi connectivity index (χ1n) is 3.41. The van der Waals surface area contributed by atoms with Crippen molar-refractivity contribution >= 4 is 17.3 Å². The van der Waals surface area contributed by atoms with Gasteiger partial charge in [-0.15, -0.1) is 0 Å². The molecular formula is C8H8Cl2N2. The Hall–Kier alpha value is -0.780. The topological polar surface area (TPSA) is 28.1 Å². The second-order valence-corrected chi connectivity index (χ2v) is 2.66. The summed E-state index contributed by atoms with van der Waals surface area (Å²) in [5.41, 5.74) is 1.55. The van der Waals surface area contributed by atoms with Crippen LogP contribution in [0.3, 0.4) is 0 Å². The second kappa shape index (κ2) is 4.97. The molecule has 12 heavy (non-hydrogen) atoms. The molecule has 0 saturated heterocycles. The third kappa shape index (κ3) is 2.37. The number of rotatable bonds is 1. The highest BCUT2D eigenvalue weighted by Gasteiger charge is 2.10. The van der Waals surface area contributed by atoms with Crippen LogP contribution in [0.4, 0.5) is 5.69 Å². The van der Waals surface area contributed by atoms with E-state index in [2.05, 4.69) is 4.98 Å². The van der Waals surface area contributed by atoms with Crippen LogP contribution >= 0.6 is 11.6 Å². The molecule has 0 radical (unpaired) electrons. The van der Waals surface area contributed by atoms with Gasteiger partial charge >= 0.3 is 5.69 Å². The summed E-state index contributed by atoms with van der Waals surface area (Å²) in [6.45, 7) is 1.99. The van der Waals surface area contributed by atoms with Gasteiger partial charge in [0.25, 0.3) is 0 Å². The summed E-state index contributed by atoms with van der Waals surface area (Å²) in [7, 11) is 0. The number of hydrogen-bond acceptors (Lipinski definition) is 1. The van der Waals surface area contributed by atoms with E-state index < -0.39 is 0 Å². The van der Waals surface area contributed by atoms with Gasteiger partial charge < -0.3 is 12.4 Å². The van der Waals surface area contributed by atoms with E-state index in [0.717, 1.165) is 12.0 Å². The zero-order valence-corrected chi connectivity index (χ0v) is 8.10. The standard InChI is InChI=1S/C8H8ClN2.ClH/c1-2-6-5-7(9)3-4-8(6)11-10;/h3-5H,2H2,1H3;1H/q+1;/p-1. The minimum absolute atomic E-state index is 0. The van der Waals surface area contributed by atoms with Gasteiger partial charge in [0, 0.05) is 16.7 Å². The van der Waals surface area contributed by atoms with Crippen LogP contribution in [0.2, 0.25) is 5.02 Å². The van der Waals surface area contributed by atoms with E-state index in [1.165, 1.54) is 0 Å². The number of nitrogens with zero attached hydrogens (tertiary/aromatic N) is 2. The van der Waals surface area contributed by atoms with Crippen molar-refractivity contribution in [2.45, 2.75) is 13.3 Å². The van der Waals surface area contributed by atoms with Gasteiger partial charge in [-0.2, -0.15) is 0 Å². The summed E-state index contributed by atoms with van der Waals surface area (Å²) < 4.78 is 0. The van der Waals surface area contributed by atoms with Crippen molar-refractivity contribution in [3.8, 4) is 0 Å². The van der Waals surface area contributed by atoms with Crippen molar-refractivity contribution in [2.24, 2.45) is 0 Å². The van der Waals surface area contributed by atoms with Gasteiger partial charge in [0.05, 0.1) is 0 Å². The van der Waals surface area contributed by atoms with Crippen molar-refractivity contribution < 1.29 is 12.4 Å². The number of diazo groups is 1. The monoisotopic (exact) mass is 202 g/mol. The third-order valence-electron chi connectivity index (χ3n) is 1.53. The highest BCUT2D eigenvalue weighted by Crippen LogP contribution is 2.23. The molecule has 0 N–H and O–H groups in total. The highest BCUT2D eigenvalue weighted by atomic mass is 35.5. The second-order valence-electron chi connectivity index (χ2n) is 2.23. The summed E-state index contributed by atoms with van der Waals surface area (Å²) in [5.74, 6) is 0. The van der Waals surface area contributed by atoms with Crippen molar-refractivity contribution in [1.29, 1.82) is 5.39 Å². The number of benzene rings is 1. The summed E-state index contributed by atoms with van der Waals surface area (Å²) in [6.07, 6.45) is 0.819. The van der Waals surface area contributed by atoms with Crippen LogP contribution in [0.15, 0.2) is 18.2 Å². The van der Waals surface area contributed by atoms with Crippen LogP contribution in [0.25, 0.3) is 4.98 Å². The lowest BCUT2D eigenvalue weighted by Gasteiger charge is -1.91. The minimum atomic E-state index is 0. The van der Waals surface area contributed by atoms with E-state index in [1.54, 1.807) is 18.2 Å². The zero-order chi connectivity index (χ0) is 8.27. The average Bonchev–Trinajstić information content (AvgIpc) is 2.04. The van der Waals surface area contributed by atoms with Gasteiger partial charge in [-0.1, -0.05) is 18.5 Å². The summed E-state index contributed by atoms with van der Waals surface area (Å²) in [6, 6.07) is 5.20. The fourth-order valence-corrected chi connectivity index (χ4v) is 1.13. The molecule has 0 aliphatic rings. The molecule has 0 aromatic heterocycles. The fourth-order valence-electron chi connectivity index (χ4n) is 0.935. The van der Waals surface area contributed by atoms with Gasteiger partial charge in [-0.3, -0.25) is 0 Å². The maximum atomic E-state index is 8.52. The molecule has 0 saturated carbocycles. The van der Waals surface area contributed by atoms with E-state index in [0.29, 0.717) is 10.7 Å². The van der Waals surface area contributed by atoms with Gasteiger partial charge in [0.2, 0.25) is 5.39 Å². The summed E-state index contributed by atoms with van der Waals surface area (Å²) >= 11 is 5.73. The van der Waals surface area contributed by atoms with Crippen molar-refractivity contribution in [1.82, 2.24) is 0 Å². The molecule has 0 unspecified atom stereocenters. The van der Waals surface area contributed by atoms with Crippen molar-refractivity contribution in [3.05, 3.63) is 33.8 Å². The van der Waals surface area contributed by atoms with Crippen LogP contribution in [-0.2, 0) is 6.42 Å². The number of aryl methyl sites for hydroxylation is 1. The lowest BCUT2D eigenvalue weighted by atomic mass is 10.1. The summed E-state index contributed by atoms with van der Waals surface area (Å²) in [4.78, 5) is 3.12. The van der Waals surface area contributed by atoms with Crippen LogP contribution < -0.4 is 12.4 Å². The predicted molar refractivity (Wildman–Crippen MR) is 45.6 cm³/mol. The number of halogens is 2. The van der Waals surface area contributed by atoms with E-state index in [-0.39, 0.29) is 12.4 Å². The van der Waals surface area contributed by atoms with Crippen LogP contribution in [0.1, 0.15) is 12.5 Å². The molecule has 0 amide bonds. The normalized spacial score (nSPS) is 8.42. The smallest absolute Gasteiger partial charge is 0.388 e. The molecular weight excluding hydrogens is 195 g/mol.